The summed E-state index contributed by atoms with van der Waals surface area (Å²) in [6, 6.07) is 21.3. The van der Waals surface area contributed by atoms with Crippen molar-refractivity contribution in [2.75, 3.05) is 11.4 Å². The van der Waals surface area contributed by atoms with Crippen LogP contribution in [0.25, 0.3) is 22.0 Å². The molecule has 26 heavy (non-hydrogen) atoms. The normalized spacial score (nSPS) is 14.8. The summed E-state index contributed by atoms with van der Waals surface area (Å²) >= 11 is 0. The third-order valence-corrected chi connectivity index (χ3v) is 4.85. The molecule has 1 aliphatic rings. The van der Waals surface area contributed by atoms with Crippen molar-refractivity contribution in [3.63, 3.8) is 0 Å². The van der Waals surface area contributed by atoms with E-state index < -0.39 is 0 Å². The average Bonchev–Trinajstić information content (AvgIpc) is 2.68. The number of rotatable bonds is 3. The highest BCUT2D eigenvalue weighted by Gasteiger charge is 2.18. The van der Waals surface area contributed by atoms with E-state index >= 15 is 0 Å². The third-order valence-electron chi connectivity index (χ3n) is 4.85. The Morgan fingerprint density at radius 3 is 2.50 bits per heavy atom. The maximum absolute atomic E-state index is 4.93. The highest BCUT2D eigenvalue weighted by molar-refractivity contribution is 14.0. The fraction of sp³-hybridized carbons (Fsp3) is 0.174. The summed E-state index contributed by atoms with van der Waals surface area (Å²) < 4.78 is 0. The average molecular weight is 454 g/mol. The molecule has 3 heteroatoms. The molecule has 0 N–H and O–H groups in total. The van der Waals surface area contributed by atoms with E-state index in [0.29, 0.717) is 0 Å². The maximum Gasteiger partial charge on any atom is 0.0709 e. The molecule has 1 aromatic heterocycles. The number of aromatic nitrogens is 1. The van der Waals surface area contributed by atoms with Crippen molar-refractivity contribution in [3.05, 3.63) is 84.2 Å². The number of nitrogens with zero attached hydrogens (tertiary/aromatic N) is 2. The van der Waals surface area contributed by atoms with Gasteiger partial charge in [0.25, 0.3) is 0 Å². The van der Waals surface area contributed by atoms with Gasteiger partial charge >= 0.3 is 0 Å². The van der Waals surface area contributed by atoms with E-state index in [1.165, 1.54) is 27.8 Å². The monoisotopic (exact) mass is 454 g/mol. The molecule has 1 aliphatic heterocycles. The van der Waals surface area contributed by atoms with E-state index in [-0.39, 0.29) is 24.0 Å². The molecule has 0 saturated carbocycles. The zero-order chi connectivity index (χ0) is 17.2. The number of hydrogen-bond donors (Lipinski definition) is 0. The topological polar surface area (TPSA) is 16.1 Å². The Morgan fingerprint density at radius 2 is 1.69 bits per heavy atom. The minimum absolute atomic E-state index is 0. The molecule has 0 radical (unpaired) electrons. The van der Waals surface area contributed by atoms with Crippen LogP contribution in [0.5, 0.6) is 0 Å². The van der Waals surface area contributed by atoms with Crippen LogP contribution in [0.3, 0.4) is 0 Å². The molecule has 0 unspecified atom stereocenters. The van der Waals surface area contributed by atoms with E-state index in [4.69, 9.17) is 4.98 Å². The van der Waals surface area contributed by atoms with E-state index in [0.717, 1.165) is 24.2 Å². The van der Waals surface area contributed by atoms with E-state index in [2.05, 4.69) is 85.6 Å². The molecule has 0 atom stereocenters. The molecule has 0 aliphatic carbocycles. The van der Waals surface area contributed by atoms with Gasteiger partial charge in [-0.2, -0.15) is 0 Å². The first-order valence-electron chi connectivity index (χ1n) is 8.95. The van der Waals surface area contributed by atoms with Crippen molar-refractivity contribution in [1.82, 2.24) is 4.98 Å². The predicted octanol–water partition coefficient (Wildman–Crippen LogP) is 6.53. The minimum Gasteiger partial charge on any atom is -0.348 e. The molecule has 0 bridgehead atoms. The number of fused-ring (bicyclic) bond motifs is 2. The molecule has 4 rings (SSSR count). The number of benzene rings is 2. The summed E-state index contributed by atoms with van der Waals surface area (Å²) in [6.07, 6.45) is 5.38. The Hall–Kier alpha value is -2.14. The summed E-state index contributed by atoms with van der Waals surface area (Å²) in [7, 11) is 0. The summed E-state index contributed by atoms with van der Waals surface area (Å²) in [5, 5.41) is 1.18. The highest BCUT2D eigenvalue weighted by Crippen LogP contribution is 2.38. The van der Waals surface area contributed by atoms with Gasteiger partial charge in [0.2, 0.25) is 0 Å². The van der Waals surface area contributed by atoms with Crippen LogP contribution in [0.4, 0.5) is 5.69 Å². The van der Waals surface area contributed by atoms with Crippen LogP contribution in [0, 0.1) is 0 Å². The van der Waals surface area contributed by atoms with Gasteiger partial charge in [-0.1, -0.05) is 49.4 Å². The smallest absolute Gasteiger partial charge is 0.0709 e. The molecule has 2 heterocycles. The van der Waals surface area contributed by atoms with Crippen molar-refractivity contribution in [1.29, 1.82) is 0 Å². The lowest BCUT2D eigenvalue weighted by molar-refractivity contribution is 1.01. The van der Waals surface area contributed by atoms with Crippen molar-refractivity contribution >= 4 is 51.7 Å². The second-order valence-corrected chi connectivity index (χ2v) is 6.25. The maximum atomic E-state index is 4.93. The molecule has 2 aromatic carbocycles. The van der Waals surface area contributed by atoms with E-state index in [1.54, 1.807) is 0 Å². The highest BCUT2D eigenvalue weighted by atomic mass is 127. The molecule has 3 aromatic rings. The number of hydrogen-bond acceptors (Lipinski definition) is 2. The Morgan fingerprint density at radius 1 is 0.923 bits per heavy atom. The zero-order valence-electron chi connectivity index (χ0n) is 15.1. The molecule has 0 spiro atoms. The Balaban J connectivity index is 0.00000196. The number of anilines is 1. The van der Waals surface area contributed by atoms with Gasteiger partial charge in [-0.05, 0) is 48.8 Å². The number of allylic oxidation sites excluding steroid dienone is 3. The fourth-order valence-corrected chi connectivity index (χ4v) is 3.57. The molecule has 0 saturated heterocycles. The summed E-state index contributed by atoms with van der Waals surface area (Å²) in [4.78, 5) is 7.22. The molecule has 2 nitrogen and oxygen atoms in total. The molecule has 0 fully saturated rings. The fourth-order valence-electron chi connectivity index (χ4n) is 3.57. The predicted molar refractivity (Wildman–Crippen MR) is 123 cm³/mol. The first-order valence-corrected chi connectivity index (χ1v) is 8.95. The standard InChI is InChI=1S/C23H22N2.HI/c1-3-18(22-14-13-17-9-5-7-11-21(17)24-22)19-15-16-25(4-2)23-12-8-6-10-20(19)23;/h5-16H,3-4H2,1-2H3;1H. The number of para-hydroxylation sites is 2. The summed E-state index contributed by atoms with van der Waals surface area (Å²) in [6.45, 7) is 5.36. The first-order chi connectivity index (χ1) is 12.3. The van der Waals surface area contributed by atoms with Crippen LogP contribution >= 0.6 is 24.0 Å². The molecule has 0 amide bonds. The second-order valence-electron chi connectivity index (χ2n) is 6.25. The number of halogens is 1. The van der Waals surface area contributed by atoms with Gasteiger partial charge in [0, 0.05) is 29.4 Å². The van der Waals surface area contributed by atoms with Crippen molar-refractivity contribution in [2.24, 2.45) is 0 Å². The quantitative estimate of drug-likeness (QED) is 0.419. The van der Waals surface area contributed by atoms with E-state index in [9.17, 15) is 0 Å². The molecular formula is C23H23IN2. The van der Waals surface area contributed by atoms with Crippen LogP contribution in [-0.2, 0) is 0 Å². The van der Waals surface area contributed by atoms with Crippen LogP contribution < -0.4 is 4.90 Å². The third kappa shape index (κ3) is 3.28. The van der Waals surface area contributed by atoms with Gasteiger partial charge in [0.1, 0.15) is 0 Å². The zero-order valence-corrected chi connectivity index (χ0v) is 17.5. The second kappa shape index (κ2) is 8.04. The van der Waals surface area contributed by atoms with Gasteiger partial charge < -0.3 is 4.90 Å². The Bertz CT molecular complexity index is 988. The lowest BCUT2D eigenvalue weighted by Gasteiger charge is -2.27. The lowest BCUT2D eigenvalue weighted by atomic mass is 9.92. The summed E-state index contributed by atoms with van der Waals surface area (Å²) in [5.41, 5.74) is 7.26. The van der Waals surface area contributed by atoms with Gasteiger partial charge in [-0.25, -0.2) is 4.98 Å². The first kappa shape index (κ1) is 18.6. The minimum atomic E-state index is 0. The van der Waals surface area contributed by atoms with Crippen LogP contribution in [0.2, 0.25) is 0 Å². The lowest BCUT2D eigenvalue weighted by Crippen LogP contribution is -2.19. The molecular weight excluding hydrogens is 431 g/mol. The number of pyridine rings is 1. The van der Waals surface area contributed by atoms with Gasteiger partial charge in [0.15, 0.2) is 0 Å². The van der Waals surface area contributed by atoms with Crippen molar-refractivity contribution in [3.8, 4) is 0 Å². The molecule has 132 valence electrons. The van der Waals surface area contributed by atoms with Crippen LogP contribution in [-0.4, -0.2) is 11.5 Å². The SMILES string of the molecule is CCC(=C1C=CN(CC)c2ccccc21)c1ccc2ccccc2n1.I. The van der Waals surface area contributed by atoms with Crippen molar-refractivity contribution < 1.29 is 0 Å². The Labute approximate surface area is 172 Å². The van der Waals surface area contributed by atoms with Crippen LogP contribution in [0.1, 0.15) is 31.5 Å². The van der Waals surface area contributed by atoms with Gasteiger partial charge in [-0.3, -0.25) is 0 Å². The van der Waals surface area contributed by atoms with Gasteiger partial charge in [0.05, 0.1) is 11.2 Å². The van der Waals surface area contributed by atoms with E-state index in [1.807, 2.05) is 6.07 Å². The van der Waals surface area contributed by atoms with Crippen LogP contribution in [0.15, 0.2) is 72.9 Å². The largest absolute Gasteiger partial charge is 0.348 e. The van der Waals surface area contributed by atoms with Gasteiger partial charge in [-0.15, -0.1) is 24.0 Å². The summed E-state index contributed by atoms with van der Waals surface area (Å²) in [5.74, 6) is 0. The van der Waals surface area contributed by atoms with Crippen molar-refractivity contribution in [2.45, 2.75) is 20.3 Å². The Kier molecular flexibility index (Phi) is 5.77.